The van der Waals surface area contributed by atoms with Crippen LogP contribution in [-0.2, 0) is 0 Å². The predicted octanol–water partition coefficient (Wildman–Crippen LogP) is 0.977. The number of nitrogens with two attached hydrogens (primary N) is 2. The van der Waals surface area contributed by atoms with Crippen molar-refractivity contribution in [3.63, 3.8) is 0 Å². The number of rotatable bonds is 1. The van der Waals surface area contributed by atoms with Crippen LogP contribution in [0.1, 0.15) is 16.1 Å². The lowest BCUT2D eigenvalue weighted by Crippen LogP contribution is -2.13. The van der Waals surface area contributed by atoms with Gasteiger partial charge in [-0.1, -0.05) is 11.6 Å². The number of carbonyl (C=O) groups excluding carboxylic acids is 1. The molecule has 0 unspecified atom stereocenters. The summed E-state index contributed by atoms with van der Waals surface area (Å²) in [5, 5.41) is 0.439. The number of aryl methyl sites for hydroxylation is 1. The number of anilines is 1. The van der Waals surface area contributed by atoms with Gasteiger partial charge >= 0.3 is 0 Å². The van der Waals surface area contributed by atoms with Gasteiger partial charge in [0.15, 0.2) is 11.3 Å². The van der Waals surface area contributed by atoms with Crippen molar-refractivity contribution in [3.8, 4) is 0 Å². The Labute approximate surface area is 90.6 Å². The quantitative estimate of drug-likeness (QED) is 0.757. The third-order valence-electron chi connectivity index (χ3n) is 2.08. The predicted molar refractivity (Wildman–Crippen MR) is 57.9 cm³/mol. The topological polar surface area (TPSA) is 86.4 Å². The second kappa shape index (κ2) is 3.13. The molecule has 2 aromatic heterocycles. The fraction of sp³-hybridized carbons (Fsp3) is 0.111. The number of fused-ring (bicyclic) bond motifs is 1. The largest absolute Gasteiger partial charge is 0.383 e. The minimum absolute atomic E-state index is 0.0440. The van der Waals surface area contributed by atoms with Crippen molar-refractivity contribution >= 4 is 29.0 Å². The number of hydrogen-bond donors (Lipinski definition) is 2. The number of nitrogen functional groups attached to an aromatic ring is 1. The van der Waals surface area contributed by atoms with E-state index in [1.165, 1.54) is 0 Å². The molecular weight excluding hydrogens is 216 g/mol. The first kappa shape index (κ1) is 9.79. The Morgan fingerprint density at radius 2 is 2.27 bits per heavy atom. The first-order chi connectivity index (χ1) is 7.00. The van der Waals surface area contributed by atoms with Gasteiger partial charge in [-0.2, -0.15) is 0 Å². The lowest BCUT2D eigenvalue weighted by Gasteiger charge is -1.99. The smallest absolute Gasteiger partial charge is 0.271 e. The molecule has 78 valence electrons. The Morgan fingerprint density at radius 3 is 2.87 bits per heavy atom. The highest BCUT2D eigenvalue weighted by Crippen LogP contribution is 2.22. The number of amides is 1. The first-order valence-corrected chi connectivity index (χ1v) is 4.62. The van der Waals surface area contributed by atoms with Crippen LogP contribution in [0, 0.1) is 6.92 Å². The lowest BCUT2D eigenvalue weighted by atomic mass is 10.3. The van der Waals surface area contributed by atoms with Crippen molar-refractivity contribution in [3.05, 3.63) is 28.5 Å². The minimum atomic E-state index is -0.662. The number of hydrogen-bond acceptors (Lipinski definition) is 3. The summed E-state index contributed by atoms with van der Waals surface area (Å²) in [5.41, 5.74) is 12.3. The van der Waals surface area contributed by atoms with Gasteiger partial charge in [0.25, 0.3) is 5.91 Å². The molecule has 0 aliphatic carbocycles. The van der Waals surface area contributed by atoms with Crippen LogP contribution in [0.15, 0.2) is 12.3 Å². The van der Waals surface area contributed by atoms with E-state index in [0.29, 0.717) is 10.7 Å². The average molecular weight is 225 g/mol. The van der Waals surface area contributed by atoms with Gasteiger partial charge in [-0.05, 0) is 18.6 Å². The highest BCUT2D eigenvalue weighted by molar-refractivity contribution is 6.33. The van der Waals surface area contributed by atoms with Crippen molar-refractivity contribution in [2.45, 2.75) is 6.92 Å². The monoisotopic (exact) mass is 224 g/mol. The Bertz CT molecular complexity index is 561. The SMILES string of the molecule is Cc1cc(Cl)c2nc(C(N)=O)c(N)n2c1. The number of imidazole rings is 1. The van der Waals surface area contributed by atoms with E-state index in [4.69, 9.17) is 23.1 Å². The van der Waals surface area contributed by atoms with Crippen LogP contribution in [0.25, 0.3) is 5.65 Å². The Balaban J connectivity index is 2.88. The summed E-state index contributed by atoms with van der Waals surface area (Å²) < 4.78 is 1.55. The van der Waals surface area contributed by atoms with Crippen molar-refractivity contribution in [1.82, 2.24) is 9.38 Å². The Kier molecular flexibility index (Phi) is 2.04. The molecule has 0 saturated carbocycles. The molecule has 4 N–H and O–H groups in total. The molecule has 15 heavy (non-hydrogen) atoms. The van der Waals surface area contributed by atoms with Crippen molar-refractivity contribution in [2.75, 3.05) is 5.73 Å². The molecule has 0 saturated heterocycles. The zero-order valence-electron chi connectivity index (χ0n) is 7.99. The van der Waals surface area contributed by atoms with Gasteiger partial charge in [-0.15, -0.1) is 0 Å². The summed E-state index contributed by atoms with van der Waals surface area (Å²) in [7, 11) is 0. The molecule has 1 amide bonds. The first-order valence-electron chi connectivity index (χ1n) is 4.24. The van der Waals surface area contributed by atoms with E-state index in [1.807, 2.05) is 6.92 Å². The molecule has 2 heterocycles. The van der Waals surface area contributed by atoms with E-state index in [2.05, 4.69) is 4.98 Å². The fourth-order valence-electron chi connectivity index (χ4n) is 1.43. The summed E-state index contributed by atoms with van der Waals surface area (Å²) in [5.74, 6) is -0.451. The van der Waals surface area contributed by atoms with E-state index in [-0.39, 0.29) is 11.5 Å². The van der Waals surface area contributed by atoms with Crippen molar-refractivity contribution < 1.29 is 4.79 Å². The van der Waals surface area contributed by atoms with Gasteiger partial charge in [0.1, 0.15) is 5.82 Å². The highest BCUT2D eigenvalue weighted by Gasteiger charge is 2.15. The van der Waals surface area contributed by atoms with Crippen LogP contribution in [0.4, 0.5) is 5.82 Å². The number of nitrogens with zero attached hydrogens (tertiary/aromatic N) is 2. The molecule has 0 aromatic carbocycles. The normalized spacial score (nSPS) is 10.8. The standard InChI is InChI=1S/C9H9ClN4O/c1-4-2-5(10)9-13-6(8(12)15)7(11)14(9)3-4/h2-3H,11H2,1H3,(H2,12,15). The lowest BCUT2D eigenvalue weighted by molar-refractivity contribution is 0.0997. The third-order valence-corrected chi connectivity index (χ3v) is 2.36. The molecule has 0 atom stereocenters. The van der Waals surface area contributed by atoms with E-state index in [9.17, 15) is 4.79 Å². The van der Waals surface area contributed by atoms with E-state index in [1.54, 1.807) is 16.7 Å². The molecule has 0 aliphatic heterocycles. The van der Waals surface area contributed by atoms with Crippen LogP contribution in [0.5, 0.6) is 0 Å². The van der Waals surface area contributed by atoms with Crippen LogP contribution in [0.3, 0.4) is 0 Å². The maximum Gasteiger partial charge on any atom is 0.271 e. The number of halogens is 1. The molecule has 5 nitrogen and oxygen atoms in total. The second-order valence-corrected chi connectivity index (χ2v) is 3.68. The molecule has 2 rings (SSSR count). The van der Waals surface area contributed by atoms with Crippen LogP contribution in [-0.4, -0.2) is 15.3 Å². The van der Waals surface area contributed by atoms with Crippen molar-refractivity contribution in [1.29, 1.82) is 0 Å². The van der Waals surface area contributed by atoms with Gasteiger partial charge in [-0.25, -0.2) is 4.98 Å². The van der Waals surface area contributed by atoms with Gasteiger partial charge in [-0.3, -0.25) is 9.20 Å². The molecule has 6 heteroatoms. The zero-order valence-corrected chi connectivity index (χ0v) is 8.75. The Hall–Kier alpha value is -1.75. The van der Waals surface area contributed by atoms with E-state index in [0.717, 1.165) is 5.56 Å². The number of pyridine rings is 1. The molecule has 0 spiro atoms. The summed E-state index contributed by atoms with van der Waals surface area (Å²) in [4.78, 5) is 15.0. The third kappa shape index (κ3) is 1.41. The molecule has 0 fully saturated rings. The molecular formula is C9H9ClN4O. The summed E-state index contributed by atoms with van der Waals surface area (Å²) in [6, 6.07) is 1.74. The average Bonchev–Trinajstić information content (AvgIpc) is 2.44. The molecule has 0 radical (unpaired) electrons. The van der Waals surface area contributed by atoms with Gasteiger partial charge < -0.3 is 11.5 Å². The number of aromatic nitrogens is 2. The minimum Gasteiger partial charge on any atom is -0.383 e. The van der Waals surface area contributed by atoms with E-state index < -0.39 is 5.91 Å². The number of carbonyl (C=O) groups is 1. The molecule has 0 aliphatic rings. The van der Waals surface area contributed by atoms with E-state index >= 15 is 0 Å². The number of primary amides is 1. The molecule has 2 aromatic rings. The van der Waals surface area contributed by atoms with Gasteiger partial charge in [0.2, 0.25) is 0 Å². The summed E-state index contributed by atoms with van der Waals surface area (Å²) in [6.45, 7) is 1.87. The zero-order chi connectivity index (χ0) is 11.2. The Morgan fingerprint density at radius 1 is 1.60 bits per heavy atom. The van der Waals surface area contributed by atoms with Gasteiger partial charge in [0, 0.05) is 6.20 Å². The van der Waals surface area contributed by atoms with Crippen LogP contribution >= 0.6 is 11.6 Å². The van der Waals surface area contributed by atoms with Crippen LogP contribution < -0.4 is 11.5 Å². The molecule has 0 bridgehead atoms. The second-order valence-electron chi connectivity index (χ2n) is 3.27. The highest BCUT2D eigenvalue weighted by atomic mass is 35.5. The summed E-state index contributed by atoms with van der Waals surface area (Å²) in [6.07, 6.45) is 1.75. The fourth-order valence-corrected chi connectivity index (χ4v) is 1.74. The van der Waals surface area contributed by atoms with Crippen LogP contribution in [0.2, 0.25) is 5.02 Å². The summed E-state index contributed by atoms with van der Waals surface area (Å²) >= 11 is 5.96. The maximum absolute atomic E-state index is 11.0. The van der Waals surface area contributed by atoms with Crippen molar-refractivity contribution in [2.24, 2.45) is 5.73 Å². The maximum atomic E-state index is 11.0. The van der Waals surface area contributed by atoms with Gasteiger partial charge in [0.05, 0.1) is 5.02 Å².